The van der Waals surface area contributed by atoms with Crippen molar-refractivity contribution in [2.24, 2.45) is 5.92 Å². The van der Waals surface area contributed by atoms with E-state index in [2.05, 4.69) is 39.4 Å². The monoisotopic (exact) mass is 401 g/mol. The van der Waals surface area contributed by atoms with Crippen molar-refractivity contribution in [1.82, 2.24) is 10.2 Å². The van der Waals surface area contributed by atoms with Crippen molar-refractivity contribution in [1.29, 1.82) is 0 Å². The molecule has 158 valence electrons. The summed E-state index contributed by atoms with van der Waals surface area (Å²) in [5.41, 5.74) is 1.80. The van der Waals surface area contributed by atoms with E-state index in [0.29, 0.717) is 25.8 Å². The lowest BCUT2D eigenvalue weighted by molar-refractivity contribution is -0.156. The third-order valence-electron chi connectivity index (χ3n) is 5.28. The van der Waals surface area contributed by atoms with Gasteiger partial charge in [-0.3, -0.25) is 24.6 Å². The van der Waals surface area contributed by atoms with E-state index >= 15 is 0 Å². The number of nitrogens with zero attached hydrogens (tertiary/aromatic N) is 2. The number of imide groups is 1. The highest BCUT2D eigenvalue weighted by atomic mass is 16.6. The Morgan fingerprint density at radius 1 is 1.10 bits per heavy atom. The van der Waals surface area contributed by atoms with Crippen molar-refractivity contribution >= 4 is 23.5 Å². The van der Waals surface area contributed by atoms with E-state index in [1.54, 1.807) is 0 Å². The number of esters is 1. The summed E-state index contributed by atoms with van der Waals surface area (Å²) in [5, 5.41) is 2.42. The molecule has 3 rings (SSSR count). The van der Waals surface area contributed by atoms with Gasteiger partial charge in [0.25, 0.3) is 0 Å². The Labute approximate surface area is 172 Å². The van der Waals surface area contributed by atoms with Gasteiger partial charge < -0.3 is 9.64 Å². The number of hydrogen-bond acceptors (Lipinski definition) is 6. The fourth-order valence-electron chi connectivity index (χ4n) is 3.78. The molecule has 1 unspecified atom stereocenters. The van der Waals surface area contributed by atoms with Crippen molar-refractivity contribution < 1.29 is 19.1 Å². The maximum absolute atomic E-state index is 12.0. The quantitative estimate of drug-likeness (QED) is 0.598. The second-order valence-electron chi connectivity index (χ2n) is 8.87. The number of amides is 2. The normalized spacial score (nSPS) is 21.1. The summed E-state index contributed by atoms with van der Waals surface area (Å²) in [7, 11) is 0. The van der Waals surface area contributed by atoms with Crippen LogP contribution in [-0.2, 0) is 25.5 Å². The lowest BCUT2D eigenvalue weighted by atomic mass is 9.91. The Balaban J connectivity index is 1.47. The van der Waals surface area contributed by atoms with E-state index in [9.17, 15) is 14.4 Å². The van der Waals surface area contributed by atoms with E-state index < -0.39 is 5.60 Å². The van der Waals surface area contributed by atoms with Crippen LogP contribution < -0.4 is 10.2 Å². The maximum atomic E-state index is 12.0. The zero-order valence-electron chi connectivity index (χ0n) is 17.6. The van der Waals surface area contributed by atoms with E-state index in [0.717, 1.165) is 37.4 Å². The first-order chi connectivity index (χ1) is 13.7. The number of anilines is 1. The van der Waals surface area contributed by atoms with Crippen LogP contribution in [-0.4, -0.2) is 61.0 Å². The van der Waals surface area contributed by atoms with Gasteiger partial charge in [-0.2, -0.15) is 0 Å². The number of ether oxygens (including phenoxy) is 1. The van der Waals surface area contributed by atoms with Gasteiger partial charge in [0.2, 0.25) is 11.8 Å². The zero-order chi connectivity index (χ0) is 21.0. The first-order valence-electron chi connectivity index (χ1n) is 10.3. The van der Waals surface area contributed by atoms with Gasteiger partial charge in [-0.25, -0.2) is 0 Å². The number of benzene rings is 1. The Morgan fingerprint density at radius 2 is 1.76 bits per heavy atom. The largest absolute Gasteiger partial charge is 0.459 e. The Morgan fingerprint density at radius 3 is 2.34 bits per heavy atom. The summed E-state index contributed by atoms with van der Waals surface area (Å²) in [6.45, 7) is 9.32. The van der Waals surface area contributed by atoms with Crippen molar-refractivity contribution in [3.8, 4) is 0 Å². The Hall–Kier alpha value is -2.41. The summed E-state index contributed by atoms with van der Waals surface area (Å²) >= 11 is 0. The molecule has 1 aromatic carbocycles. The topological polar surface area (TPSA) is 79.0 Å². The third kappa shape index (κ3) is 6.29. The van der Waals surface area contributed by atoms with Crippen LogP contribution in [0, 0.1) is 5.92 Å². The van der Waals surface area contributed by atoms with Crippen molar-refractivity contribution in [3.63, 3.8) is 0 Å². The Bertz CT molecular complexity index is 746. The van der Waals surface area contributed by atoms with Crippen LogP contribution in [0.1, 0.15) is 39.2 Å². The van der Waals surface area contributed by atoms with Gasteiger partial charge in [0.15, 0.2) is 0 Å². The molecular weight excluding hydrogens is 370 g/mol. The van der Waals surface area contributed by atoms with E-state index in [1.807, 2.05) is 20.8 Å². The summed E-state index contributed by atoms with van der Waals surface area (Å²) in [4.78, 5) is 39.6. The van der Waals surface area contributed by atoms with Crippen LogP contribution >= 0.6 is 0 Å². The molecule has 0 bridgehead atoms. The van der Waals surface area contributed by atoms with Crippen LogP contribution in [0.5, 0.6) is 0 Å². The molecule has 2 aliphatic heterocycles. The fraction of sp³-hybridized carbons (Fsp3) is 0.591. The number of carbonyl (C=O) groups excluding carboxylic acids is 3. The minimum Gasteiger partial charge on any atom is -0.459 e. The third-order valence-corrected chi connectivity index (χ3v) is 5.28. The van der Waals surface area contributed by atoms with Gasteiger partial charge >= 0.3 is 5.97 Å². The van der Waals surface area contributed by atoms with Gasteiger partial charge in [0.05, 0.1) is 6.54 Å². The van der Waals surface area contributed by atoms with Crippen LogP contribution in [0.2, 0.25) is 0 Å². The molecule has 1 atom stereocenters. The summed E-state index contributed by atoms with van der Waals surface area (Å²) in [6, 6.07) is 8.30. The molecule has 7 nitrogen and oxygen atoms in total. The predicted molar refractivity (Wildman–Crippen MR) is 111 cm³/mol. The maximum Gasteiger partial charge on any atom is 0.320 e. The van der Waals surface area contributed by atoms with Gasteiger partial charge in [0.1, 0.15) is 5.60 Å². The molecule has 1 aromatic rings. The number of carbonyl (C=O) groups is 3. The van der Waals surface area contributed by atoms with Crippen molar-refractivity contribution in [3.05, 3.63) is 29.8 Å². The predicted octanol–water partition coefficient (Wildman–Crippen LogP) is 1.75. The highest BCUT2D eigenvalue weighted by Gasteiger charge is 2.27. The molecule has 2 aliphatic rings. The molecule has 0 aliphatic carbocycles. The summed E-state index contributed by atoms with van der Waals surface area (Å²) in [6.07, 6.45) is 1.69. The van der Waals surface area contributed by atoms with Crippen LogP contribution in [0.3, 0.4) is 0 Å². The molecule has 0 saturated carbocycles. The average Bonchev–Trinajstić information content (AvgIpc) is 2.64. The number of piperidine rings is 1. The smallest absolute Gasteiger partial charge is 0.320 e. The standard InChI is InChI=1S/C22H31N3O4/c1-22(2,3)29-20(27)15-24-10-12-25(13-11-24)18-7-4-16(5-8-18)14-17-6-9-19(26)23-21(17)28/h4-5,7-8,17H,6,9-15H2,1-3H3,(H,23,26,28). The van der Waals surface area contributed by atoms with Gasteiger partial charge in [0, 0.05) is 44.2 Å². The van der Waals surface area contributed by atoms with E-state index in [-0.39, 0.29) is 23.7 Å². The molecule has 2 saturated heterocycles. The van der Waals surface area contributed by atoms with Gasteiger partial charge in [-0.15, -0.1) is 0 Å². The fourth-order valence-corrected chi connectivity index (χ4v) is 3.78. The zero-order valence-corrected chi connectivity index (χ0v) is 17.6. The lowest BCUT2D eigenvalue weighted by Crippen LogP contribution is -2.48. The molecule has 2 heterocycles. The number of piperazine rings is 1. The second kappa shape index (κ2) is 8.95. The second-order valence-corrected chi connectivity index (χ2v) is 8.87. The van der Waals surface area contributed by atoms with Gasteiger partial charge in [-0.05, 0) is 51.3 Å². The summed E-state index contributed by atoms with van der Waals surface area (Å²) < 4.78 is 5.40. The molecule has 0 radical (unpaired) electrons. The molecule has 7 heteroatoms. The first kappa shape index (κ1) is 21.3. The molecular formula is C22H31N3O4. The van der Waals surface area contributed by atoms with Crippen LogP contribution in [0.25, 0.3) is 0 Å². The number of rotatable bonds is 5. The SMILES string of the molecule is CC(C)(C)OC(=O)CN1CCN(c2ccc(CC3CCC(=O)NC3=O)cc2)CC1. The molecule has 0 spiro atoms. The molecule has 1 N–H and O–H groups in total. The molecule has 29 heavy (non-hydrogen) atoms. The molecule has 0 aromatic heterocycles. The Kier molecular flexibility index (Phi) is 6.57. The highest BCUT2D eigenvalue weighted by Crippen LogP contribution is 2.22. The molecule has 2 amide bonds. The number of nitrogens with one attached hydrogen (secondary N) is 1. The lowest BCUT2D eigenvalue weighted by Gasteiger charge is -2.36. The average molecular weight is 402 g/mol. The van der Waals surface area contributed by atoms with E-state index in [4.69, 9.17) is 4.74 Å². The highest BCUT2D eigenvalue weighted by molar-refractivity contribution is 5.98. The van der Waals surface area contributed by atoms with Crippen molar-refractivity contribution in [2.75, 3.05) is 37.6 Å². The van der Waals surface area contributed by atoms with E-state index in [1.165, 1.54) is 0 Å². The van der Waals surface area contributed by atoms with Gasteiger partial charge in [-0.1, -0.05) is 12.1 Å². The summed E-state index contributed by atoms with van der Waals surface area (Å²) in [5.74, 6) is -0.641. The van der Waals surface area contributed by atoms with Crippen LogP contribution in [0.4, 0.5) is 5.69 Å². The first-order valence-corrected chi connectivity index (χ1v) is 10.3. The minimum absolute atomic E-state index is 0.130. The van der Waals surface area contributed by atoms with Crippen molar-refractivity contribution in [2.45, 2.75) is 45.6 Å². The minimum atomic E-state index is -0.450. The van der Waals surface area contributed by atoms with Crippen LogP contribution in [0.15, 0.2) is 24.3 Å². The molecule has 2 fully saturated rings. The number of hydrogen-bond donors (Lipinski definition) is 1.